The molecule has 28 heavy (non-hydrogen) atoms. The Morgan fingerprint density at radius 2 is 1.96 bits per heavy atom. The van der Waals surface area contributed by atoms with E-state index >= 15 is 0 Å². The number of nitrogens with one attached hydrogen (secondary N) is 1. The van der Waals surface area contributed by atoms with E-state index < -0.39 is 0 Å². The van der Waals surface area contributed by atoms with Crippen molar-refractivity contribution in [3.05, 3.63) is 46.8 Å². The maximum absolute atomic E-state index is 4.41. The summed E-state index contributed by atoms with van der Waals surface area (Å²) in [6, 6.07) is 9.42. The highest BCUT2D eigenvalue weighted by Crippen LogP contribution is 2.43. The number of H-pyrrole nitrogens is 1. The number of aromatic amines is 1. The Labute approximate surface area is 170 Å². The van der Waals surface area contributed by atoms with Gasteiger partial charge in [0.25, 0.3) is 0 Å². The van der Waals surface area contributed by atoms with E-state index in [0.29, 0.717) is 0 Å². The molecule has 1 aromatic carbocycles. The topological polar surface area (TPSA) is 35.2 Å². The number of rotatable bonds is 8. The molecule has 0 spiro atoms. The van der Waals surface area contributed by atoms with Crippen LogP contribution in [0.3, 0.4) is 0 Å². The number of aryl methyl sites for hydroxylation is 2. The van der Waals surface area contributed by atoms with E-state index in [1.807, 2.05) is 0 Å². The lowest BCUT2D eigenvalue weighted by atomic mass is 9.70. The summed E-state index contributed by atoms with van der Waals surface area (Å²) in [5, 5.41) is 7.62. The fraction of sp³-hybridized carbons (Fsp3) is 0.625. The van der Waals surface area contributed by atoms with Gasteiger partial charge in [-0.2, -0.15) is 5.10 Å². The average molecular weight is 381 g/mol. The largest absolute Gasteiger partial charge is 0.372 e. The van der Waals surface area contributed by atoms with Crippen LogP contribution in [0.2, 0.25) is 0 Å². The van der Waals surface area contributed by atoms with Crippen molar-refractivity contribution in [1.82, 2.24) is 15.1 Å². The quantitative estimate of drug-likeness (QED) is 0.708. The van der Waals surface area contributed by atoms with E-state index in [4.69, 9.17) is 0 Å². The van der Waals surface area contributed by atoms with Crippen LogP contribution in [0.4, 0.5) is 5.69 Å². The number of anilines is 1. The smallest absolute Gasteiger partial charge is 0.0625 e. The van der Waals surface area contributed by atoms with Crippen LogP contribution in [0.1, 0.15) is 67.5 Å². The highest BCUT2D eigenvalue weighted by Gasteiger charge is 2.32. The molecule has 1 saturated carbocycles. The molecule has 152 valence electrons. The number of aromatic nitrogens is 2. The second kappa shape index (κ2) is 8.69. The molecule has 4 nitrogen and oxygen atoms in total. The van der Waals surface area contributed by atoms with Crippen molar-refractivity contribution in [2.45, 2.75) is 64.8 Å². The van der Waals surface area contributed by atoms with Crippen LogP contribution in [0, 0.1) is 12.8 Å². The van der Waals surface area contributed by atoms with Gasteiger partial charge in [0.1, 0.15) is 0 Å². The maximum Gasteiger partial charge on any atom is 0.0625 e. The summed E-state index contributed by atoms with van der Waals surface area (Å²) in [4.78, 5) is 4.99. The molecule has 1 aromatic heterocycles. The van der Waals surface area contributed by atoms with Crippen LogP contribution >= 0.6 is 0 Å². The number of hydrogen-bond donors (Lipinski definition) is 1. The highest BCUT2D eigenvalue weighted by molar-refractivity contribution is 5.52. The molecule has 2 fully saturated rings. The molecule has 0 bridgehead atoms. The highest BCUT2D eigenvalue weighted by atomic mass is 15.2. The molecule has 1 aliphatic carbocycles. The SMILES string of the molecule is CCCc1cc(CN(C)CC2CC(c3ccc(N4CCCC4)cc3C)C2)[nH]n1. The Kier molecular flexibility index (Phi) is 6.05. The second-order valence-electron chi connectivity index (χ2n) is 9.10. The molecular weight excluding hydrogens is 344 g/mol. The van der Waals surface area contributed by atoms with E-state index in [9.17, 15) is 0 Å². The summed E-state index contributed by atoms with van der Waals surface area (Å²) in [7, 11) is 2.24. The van der Waals surface area contributed by atoms with E-state index in [-0.39, 0.29) is 0 Å². The van der Waals surface area contributed by atoms with Gasteiger partial charge in [0.2, 0.25) is 0 Å². The lowest BCUT2D eigenvalue weighted by Gasteiger charge is -2.39. The van der Waals surface area contributed by atoms with Crippen molar-refractivity contribution in [3.8, 4) is 0 Å². The van der Waals surface area contributed by atoms with Crippen LogP contribution in [-0.2, 0) is 13.0 Å². The van der Waals surface area contributed by atoms with Crippen molar-refractivity contribution in [1.29, 1.82) is 0 Å². The summed E-state index contributed by atoms with van der Waals surface area (Å²) < 4.78 is 0. The zero-order valence-electron chi connectivity index (χ0n) is 17.9. The minimum Gasteiger partial charge on any atom is -0.372 e. The summed E-state index contributed by atoms with van der Waals surface area (Å²) in [5.41, 5.74) is 6.94. The van der Waals surface area contributed by atoms with Gasteiger partial charge in [0.05, 0.1) is 5.69 Å². The van der Waals surface area contributed by atoms with E-state index in [0.717, 1.165) is 31.2 Å². The van der Waals surface area contributed by atoms with Crippen LogP contribution in [0.25, 0.3) is 0 Å². The summed E-state index contributed by atoms with van der Waals surface area (Å²) >= 11 is 0. The summed E-state index contributed by atoms with van der Waals surface area (Å²) in [5.74, 6) is 1.58. The first-order valence-electron chi connectivity index (χ1n) is 11.2. The third kappa shape index (κ3) is 4.43. The van der Waals surface area contributed by atoms with Gasteiger partial charge < -0.3 is 9.80 Å². The van der Waals surface area contributed by atoms with E-state index in [2.05, 4.69) is 65.2 Å². The molecule has 2 heterocycles. The standard InChI is InChI=1S/C24H36N4/c1-4-7-21-15-22(26-25-21)17-27(3)16-19-13-20(14-19)24-9-8-23(12-18(24)2)28-10-5-6-11-28/h8-9,12,15,19-20H,4-7,10-11,13-14,16-17H2,1-3H3,(H,25,26). The van der Waals surface area contributed by atoms with Crippen molar-refractivity contribution >= 4 is 5.69 Å². The van der Waals surface area contributed by atoms with Gasteiger partial charge >= 0.3 is 0 Å². The first kappa shape index (κ1) is 19.5. The molecule has 1 saturated heterocycles. The third-order valence-electron chi connectivity index (χ3n) is 6.60. The normalized spacial score (nSPS) is 22.1. The van der Waals surface area contributed by atoms with Gasteiger partial charge in [-0.05, 0) is 87.2 Å². The zero-order chi connectivity index (χ0) is 19.5. The molecule has 4 heteroatoms. The van der Waals surface area contributed by atoms with Crippen LogP contribution in [0.5, 0.6) is 0 Å². The van der Waals surface area contributed by atoms with Gasteiger partial charge in [-0.1, -0.05) is 19.4 Å². The monoisotopic (exact) mass is 380 g/mol. The van der Waals surface area contributed by atoms with Gasteiger partial charge in [-0.15, -0.1) is 0 Å². The minimum atomic E-state index is 0.759. The number of benzene rings is 1. The molecule has 2 aromatic rings. The van der Waals surface area contributed by atoms with E-state index in [1.165, 1.54) is 68.0 Å². The zero-order valence-corrected chi connectivity index (χ0v) is 17.9. The second-order valence-corrected chi connectivity index (χ2v) is 9.10. The minimum absolute atomic E-state index is 0.759. The summed E-state index contributed by atoms with van der Waals surface area (Å²) in [6.45, 7) is 9.13. The van der Waals surface area contributed by atoms with Gasteiger partial charge in [0.15, 0.2) is 0 Å². The van der Waals surface area contributed by atoms with E-state index in [1.54, 1.807) is 5.56 Å². The predicted molar refractivity (Wildman–Crippen MR) is 117 cm³/mol. The van der Waals surface area contributed by atoms with Gasteiger partial charge in [0, 0.05) is 37.6 Å². The van der Waals surface area contributed by atoms with Crippen molar-refractivity contribution in [3.63, 3.8) is 0 Å². The molecule has 1 N–H and O–H groups in total. The van der Waals surface area contributed by atoms with Gasteiger partial charge in [-0.25, -0.2) is 0 Å². The Balaban J connectivity index is 1.25. The molecule has 0 unspecified atom stereocenters. The number of nitrogens with zero attached hydrogens (tertiary/aromatic N) is 3. The fourth-order valence-electron chi connectivity index (χ4n) is 5.10. The maximum atomic E-state index is 4.41. The Morgan fingerprint density at radius 3 is 2.68 bits per heavy atom. The predicted octanol–water partition coefficient (Wildman–Crippen LogP) is 4.90. The Bertz CT molecular complexity index is 769. The van der Waals surface area contributed by atoms with Crippen molar-refractivity contribution in [2.75, 3.05) is 31.6 Å². The lowest BCUT2D eigenvalue weighted by Crippen LogP contribution is -2.33. The molecule has 1 aliphatic heterocycles. The average Bonchev–Trinajstić information content (AvgIpc) is 3.31. The fourth-order valence-corrected chi connectivity index (χ4v) is 5.10. The van der Waals surface area contributed by atoms with Crippen LogP contribution in [0.15, 0.2) is 24.3 Å². The van der Waals surface area contributed by atoms with Crippen LogP contribution < -0.4 is 4.90 Å². The summed E-state index contributed by atoms with van der Waals surface area (Å²) in [6.07, 6.45) is 7.58. The molecule has 0 radical (unpaired) electrons. The Morgan fingerprint density at radius 1 is 1.18 bits per heavy atom. The van der Waals surface area contributed by atoms with Crippen LogP contribution in [-0.4, -0.2) is 41.8 Å². The molecule has 2 aliphatic rings. The molecular formula is C24H36N4. The van der Waals surface area contributed by atoms with Crippen molar-refractivity contribution < 1.29 is 0 Å². The molecule has 0 atom stereocenters. The molecule has 4 rings (SSSR count). The molecule has 0 amide bonds. The first-order chi connectivity index (χ1) is 13.6. The van der Waals surface area contributed by atoms with Gasteiger partial charge in [-0.3, -0.25) is 5.10 Å². The Hall–Kier alpha value is -1.81. The lowest BCUT2D eigenvalue weighted by molar-refractivity contribution is 0.175. The van der Waals surface area contributed by atoms with Crippen molar-refractivity contribution in [2.24, 2.45) is 5.92 Å². The third-order valence-corrected chi connectivity index (χ3v) is 6.60. The first-order valence-corrected chi connectivity index (χ1v) is 11.2. The number of hydrogen-bond acceptors (Lipinski definition) is 3.